The Morgan fingerprint density at radius 2 is 1.46 bits per heavy atom. The van der Waals surface area contributed by atoms with Crippen molar-refractivity contribution in [2.45, 2.75) is 84.1 Å². The molecule has 0 radical (unpaired) electrons. The minimum absolute atomic E-state index is 0.0597. The molecule has 1 aromatic heterocycles. The topological polar surface area (TPSA) is 124 Å². The molecule has 2 heterocycles. The number of hydrogen-bond donors (Lipinski definition) is 2. The van der Waals surface area contributed by atoms with Crippen molar-refractivity contribution in [3.63, 3.8) is 0 Å². The molecule has 1 unspecified atom stereocenters. The van der Waals surface area contributed by atoms with Crippen LogP contribution in [0.15, 0.2) is 9.59 Å². The Hall–Kier alpha value is -3.71. The highest BCUT2D eigenvalue weighted by molar-refractivity contribution is 5.85. The smallest absolute Gasteiger partial charge is 0.427 e. The number of benzene rings is 1. The molecule has 0 bridgehead atoms. The SMILES string of the molecule is CC(C)(C)OC(=O)NC1CCN(c2c(F)c(F)c3c(=O)n(NC(=O)OC(C)(C)C)c(=O)n(C4CC4)c3c2F)C1. The van der Waals surface area contributed by atoms with Gasteiger partial charge in [-0.2, -0.15) is 4.68 Å². The third kappa shape index (κ3) is 5.83. The third-order valence-electron chi connectivity index (χ3n) is 6.07. The van der Waals surface area contributed by atoms with Gasteiger partial charge in [-0.1, -0.05) is 0 Å². The number of alkyl carbamates (subject to hydrolysis) is 1. The lowest BCUT2D eigenvalue weighted by molar-refractivity contribution is 0.0507. The van der Waals surface area contributed by atoms with E-state index < -0.39 is 80.8 Å². The average Bonchev–Trinajstić information content (AvgIpc) is 3.51. The normalized spacial score (nSPS) is 17.9. The van der Waals surface area contributed by atoms with Gasteiger partial charge in [0.05, 0.1) is 11.6 Å². The van der Waals surface area contributed by atoms with E-state index in [0.29, 0.717) is 12.8 Å². The lowest BCUT2D eigenvalue weighted by Gasteiger charge is -2.24. The van der Waals surface area contributed by atoms with Crippen molar-refractivity contribution >= 4 is 28.8 Å². The van der Waals surface area contributed by atoms with Crippen LogP contribution in [0.5, 0.6) is 0 Å². The zero-order valence-corrected chi connectivity index (χ0v) is 22.6. The van der Waals surface area contributed by atoms with Crippen LogP contribution in [-0.2, 0) is 9.47 Å². The summed E-state index contributed by atoms with van der Waals surface area (Å²) in [4.78, 5) is 52.0. The van der Waals surface area contributed by atoms with E-state index >= 15 is 13.2 Å². The minimum Gasteiger partial charge on any atom is -0.444 e. The fourth-order valence-electron chi connectivity index (χ4n) is 4.45. The molecule has 1 aliphatic carbocycles. The van der Waals surface area contributed by atoms with E-state index in [0.717, 1.165) is 4.57 Å². The van der Waals surface area contributed by atoms with E-state index in [1.165, 1.54) is 4.90 Å². The van der Waals surface area contributed by atoms with Crippen molar-refractivity contribution in [3.8, 4) is 0 Å². The number of anilines is 1. The highest BCUT2D eigenvalue weighted by atomic mass is 19.2. The molecule has 39 heavy (non-hydrogen) atoms. The summed E-state index contributed by atoms with van der Waals surface area (Å²) in [6, 6.07) is -1.13. The average molecular weight is 556 g/mol. The Bertz CT molecular complexity index is 1450. The van der Waals surface area contributed by atoms with Crippen LogP contribution in [0.1, 0.15) is 66.8 Å². The molecule has 1 saturated heterocycles. The molecular weight excluding hydrogens is 523 g/mol. The highest BCUT2D eigenvalue weighted by Gasteiger charge is 2.37. The summed E-state index contributed by atoms with van der Waals surface area (Å²) in [6.07, 6.45) is -0.741. The number of carbonyl (C=O) groups excluding carboxylic acids is 2. The highest BCUT2D eigenvalue weighted by Crippen LogP contribution is 2.39. The van der Waals surface area contributed by atoms with Crippen molar-refractivity contribution in [1.29, 1.82) is 0 Å². The van der Waals surface area contributed by atoms with Crippen LogP contribution in [0.3, 0.4) is 0 Å². The molecule has 2 fully saturated rings. The molecule has 2 aliphatic rings. The first-order valence-electron chi connectivity index (χ1n) is 12.6. The largest absolute Gasteiger partial charge is 0.444 e. The molecule has 2 N–H and O–H groups in total. The molecule has 4 rings (SSSR count). The molecule has 2 aromatic rings. The van der Waals surface area contributed by atoms with Crippen molar-refractivity contribution in [3.05, 3.63) is 38.3 Å². The van der Waals surface area contributed by atoms with Gasteiger partial charge in [-0.15, -0.1) is 0 Å². The van der Waals surface area contributed by atoms with Gasteiger partial charge >= 0.3 is 17.9 Å². The summed E-state index contributed by atoms with van der Waals surface area (Å²) in [5.41, 5.74) is -3.77. The second-order valence-electron chi connectivity index (χ2n) is 11.7. The van der Waals surface area contributed by atoms with Crippen LogP contribution in [0.25, 0.3) is 10.9 Å². The van der Waals surface area contributed by atoms with E-state index in [1.807, 2.05) is 5.43 Å². The number of halogens is 3. The lowest BCUT2D eigenvalue weighted by Crippen LogP contribution is -2.48. The van der Waals surface area contributed by atoms with Crippen LogP contribution < -0.4 is 26.9 Å². The summed E-state index contributed by atoms with van der Waals surface area (Å²) >= 11 is 0. The molecular formula is C25H32F3N5O6. The van der Waals surface area contributed by atoms with E-state index in [-0.39, 0.29) is 24.2 Å². The van der Waals surface area contributed by atoms with E-state index in [9.17, 15) is 19.2 Å². The summed E-state index contributed by atoms with van der Waals surface area (Å²) in [7, 11) is 0. The molecule has 11 nitrogen and oxygen atoms in total. The van der Waals surface area contributed by atoms with Gasteiger partial charge in [0, 0.05) is 19.1 Å². The van der Waals surface area contributed by atoms with E-state index in [1.54, 1.807) is 41.5 Å². The Morgan fingerprint density at radius 1 is 0.872 bits per heavy atom. The van der Waals surface area contributed by atoms with Crippen molar-refractivity contribution in [1.82, 2.24) is 14.6 Å². The number of hydrogen-bond acceptors (Lipinski definition) is 7. The van der Waals surface area contributed by atoms with Crippen molar-refractivity contribution in [2.24, 2.45) is 0 Å². The lowest BCUT2D eigenvalue weighted by atomic mass is 10.1. The number of aromatic nitrogens is 2. The second-order valence-corrected chi connectivity index (χ2v) is 11.7. The zero-order chi connectivity index (χ0) is 29.0. The van der Waals surface area contributed by atoms with Crippen LogP contribution >= 0.6 is 0 Å². The van der Waals surface area contributed by atoms with Gasteiger partial charge in [-0.05, 0) is 60.8 Å². The van der Waals surface area contributed by atoms with Gasteiger partial charge in [0.25, 0.3) is 5.56 Å². The quantitative estimate of drug-likeness (QED) is 0.554. The Morgan fingerprint density at radius 3 is 2.03 bits per heavy atom. The Labute approximate surface area is 221 Å². The molecule has 214 valence electrons. The van der Waals surface area contributed by atoms with Crippen molar-refractivity contribution < 1.29 is 32.2 Å². The Kier molecular flexibility index (Phi) is 7.11. The van der Waals surface area contributed by atoms with Gasteiger partial charge in [-0.25, -0.2) is 33.0 Å². The van der Waals surface area contributed by atoms with Crippen LogP contribution in [0.2, 0.25) is 0 Å². The number of amides is 2. The summed E-state index contributed by atoms with van der Waals surface area (Å²) < 4.78 is 58.2. The monoisotopic (exact) mass is 555 g/mol. The van der Waals surface area contributed by atoms with E-state index in [2.05, 4.69) is 5.32 Å². The maximum Gasteiger partial charge on any atom is 0.427 e. The number of ether oxygens (including phenoxy) is 2. The second kappa shape index (κ2) is 9.79. The zero-order valence-electron chi connectivity index (χ0n) is 22.6. The maximum atomic E-state index is 16.0. The van der Waals surface area contributed by atoms with Gasteiger partial charge in [-0.3, -0.25) is 9.36 Å². The molecule has 2 amide bonds. The van der Waals surface area contributed by atoms with Gasteiger partial charge in [0.15, 0.2) is 17.5 Å². The number of nitrogens with zero attached hydrogens (tertiary/aromatic N) is 3. The predicted molar refractivity (Wildman–Crippen MR) is 136 cm³/mol. The van der Waals surface area contributed by atoms with Crippen LogP contribution in [0, 0.1) is 17.5 Å². The summed E-state index contributed by atoms with van der Waals surface area (Å²) in [5.74, 6) is -4.57. The van der Waals surface area contributed by atoms with Crippen LogP contribution in [0.4, 0.5) is 28.4 Å². The molecule has 1 aliphatic heterocycles. The third-order valence-corrected chi connectivity index (χ3v) is 6.07. The maximum absolute atomic E-state index is 16.0. The van der Waals surface area contributed by atoms with E-state index in [4.69, 9.17) is 9.47 Å². The molecule has 14 heteroatoms. The fraction of sp³-hybridized carbons (Fsp3) is 0.600. The number of rotatable bonds is 4. The van der Waals surface area contributed by atoms with Gasteiger partial charge < -0.3 is 19.7 Å². The molecule has 1 aromatic carbocycles. The molecule has 0 spiro atoms. The van der Waals surface area contributed by atoms with Gasteiger partial charge in [0.2, 0.25) is 0 Å². The van der Waals surface area contributed by atoms with Crippen molar-refractivity contribution in [2.75, 3.05) is 23.4 Å². The summed E-state index contributed by atoms with van der Waals surface area (Å²) in [6.45, 7) is 9.71. The first-order valence-corrected chi connectivity index (χ1v) is 12.6. The minimum atomic E-state index is -1.66. The summed E-state index contributed by atoms with van der Waals surface area (Å²) in [5, 5.41) is 1.61. The number of nitrogens with one attached hydrogen (secondary N) is 2. The molecule has 1 saturated carbocycles. The first-order chi connectivity index (χ1) is 18.0. The number of carbonyl (C=O) groups is 2. The standard InChI is InChI=1S/C25H32F3N5O6/c1-24(2,3)38-21(35)29-12-9-10-31(11-12)19-16(27)15(26)14-18(17(19)28)32(13-7-8-13)23(37)33(20(14)34)30-22(36)39-25(4,5)6/h12-13H,7-11H2,1-6H3,(H,29,35)(H,30,36). The first kappa shape index (κ1) is 28.3. The Balaban J connectivity index is 1.77. The predicted octanol–water partition coefficient (Wildman–Crippen LogP) is 3.50. The number of fused-ring (bicyclic) bond motifs is 1. The van der Waals surface area contributed by atoms with Crippen LogP contribution in [-0.4, -0.2) is 51.8 Å². The van der Waals surface area contributed by atoms with Gasteiger partial charge in [0.1, 0.15) is 22.3 Å². The molecule has 1 atom stereocenters. The fourth-order valence-corrected chi connectivity index (χ4v) is 4.45.